The van der Waals surface area contributed by atoms with E-state index >= 15 is 0 Å². The third-order valence-corrected chi connectivity index (χ3v) is 6.15. The van der Waals surface area contributed by atoms with E-state index in [1.807, 2.05) is 62.0 Å². The van der Waals surface area contributed by atoms with E-state index in [2.05, 4.69) is 25.0 Å². The second-order valence-corrected chi connectivity index (χ2v) is 8.99. The van der Waals surface area contributed by atoms with Crippen molar-refractivity contribution in [3.63, 3.8) is 0 Å². The van der Waals surface area contributed by atoms with Crippen molar-refractivity contribution in [2.75, 3.05) is 25.2 Å². The van der Waals surface area contributed by atoms with Crippen LogP contribution in [0, 0.1) is 13.8 Å². The molecule has 2 aromatic carbocycles. The van der Waals surface area contributed by atoms with Crippen LogP contribution in [0.4, 0.5) is 5.69 Å². The topological polar surface area (TPSA) is 69.5 Å². The van der Waals surface area contributed by atoms with Crippen LogP contribution in [0.5, 0.6) is 11.5 Å². The molecule has 0 saturated carbocycles. The smallest absolute Gasteiger partial charge is 0.258 e. The second-order valence-electron chi connectivity index (χ2n) is 8.99. The molecule has 0 unspecified atom stereocenters. The minimum Gasteiger partial charge on any atom is -0.486 e. The molecular formula is C27H28N4O3. The number of ether oxygens (including phenoxy) is 2. The van der Waals surface area contributed by atoms with Gasteiger partial charge in [-0.15, -0.1) is 0 Å². The molecule has 5 rings (SSSR count). The van der Waals surface area contributed by atoms with E-state index < -0.39 is 0 Å². The maximum atomic E-state index is 13.8. The number of aryl methyl sites for hydroxylation is 2. The van der Waals surface area contributed by atoms with Gasteiger partial charge in [0, 0.05) is 24.3 Å². The molecular weight excluding hydrogens is 428 g/mol. The number of hydrogen-bond acceptors (Lipinski definition) is 5. The predicted octanol–water partition coefficient (Wildman–Crippen LogP) is 5.34. The number of nitrogens with zero attached hydrogens (tertiary/aromatic N) is 4. The standard InChI is InChI=1S/C27H28N4O3/c1-16(2)31-26-21(15-28-31)20(27(32)30(5)23-12-17(3)6-7-18(23)4)14-22(29-26)19-8-9-24-25(13-19)34-11-10-33-24/h6-9,12-16H,10-11H2,1-5H3. The molecule has 0 spiro atoms. The summed E-state index contributed by atoms with van der Waals surface area (Å²) in [7, 11) is 1.81. The number of carbonyl (C=O) groups excluding carboxylic acids is 1. The molecule has 0 bridgehead atoms. The third kappa shape index (κ3) is 3.77. The highest BCUT2D eigenvalue weighted by Gasteiger charge is 2.23. The highest BCUT2D eigenvalue weighted by molar-refractivity contribution is 6.13. The van der Waals surface area contributed by atoms with Crippen LogP contribution in [0.15, 0.2) is 48.7 Å². The number of anilines is 1. The summed E-state index contributed by atoms with van der Waals surface area (Å²) in [6.45, 7) is 9.18. The molecule has 1 aliphatic heterocycles. The molecule has 7 nitrogen and oxygen atoms in total. The van der Waals surface area contributed by atoms with E-state index in [1.165, 1.54) is 0 Å². The first-order chi connectivity index (χ1) is 16.3. The van der Waals surface area contributed by atoms with Crippen molar-refractivity contribution in [2.45, 2.75) is 33.7 Å². The Labute approximate surface area is 198 Å². The summed E-state index contributed by atoms with van der Waals surface area (Å²) < 4.78 is 13.3. The van der Waals surface area contributed by atoms with E-state index in [0.717, 1.165) is 27.8 Å². The van der Waals surface area contributed by atoms with Crippen molar-refractivity contribution in [1.82, 2.24) is 14.8 Å². The molecule has 7 heteroatoms. The summed E-state index contributed by atoms with van der Waals surface area (Å²) in [5, 5.41) is 5.28. The lowest BCUT2D eigenvalue weighted by Gasteiger charge is -2.21. The first-order valence-corrected chi connectivity index (χ1v) is 11.5. The Morgan fingerprint density at radius 1 is 1.03 bits per heavy atom. The van der Waals surface area contributed by atoms with Gasteiger partial charge in [0.05, 0.1) is 22.8 Å². The number of amides is 1. The lowest BCUT2D eigenvalue weighted by atomic mass is 10.0. The van der Waals surface area contributed by atoms with Gasteiger partial charge in [-0.1, -0.05) is 12.1 Å². The van der Waals surface area contributed by atoms with Gasteiger partial charge in [0.1, 0.15) is 13.2 Å². The van der Waals surface area contributed by atoms with Gasteiger partial charge < -0.3 is 14.4 Å². The Bertz CT molecular complexity index is 1410. The molecule has 4 aromatic rings. The number of benzene rings is 2. The molecule has 0 atom stereocenters. The Balaban J connectivity index is 1.67. The van der Waals surface area contributed by atoms with Crippen molar-refractivity contribution in [1.29, 1.82) is 0 Å². The monoisotopic (exact) mass is 456 g/mol. The Morgan fingerprint density at radius 3 is 2.56 bits per heavy atom. The first-order valence-electron chi connectivity index (χ1n) is 11.5. The number of carbonyl (C=O) groups is 1. The predicted molar refractivity (Wildman–Crippen MR) is 133 cm³/mol. The van der Waals surface area contributed by atoms with Crippen LogP contribution in [-0.2, 0) is 0 Å². The molecule has 1 amide bonds. The molecule has 0 radical (unpaired) electrons. The zero-order chi connectivity index (χ0) is 24.0. The van der Waals surface area contributed by atoms with Gasteiger partial charge in [0.15, 0.2) is 17.1 Å². The van der Waals surface area contributed by atoms with Gasteiger partial charge in [-0.2, -0.15) is 5.10 Å². The van der Waals surface area contributed by atoms with Crippen molar-refractivity contribution in [3.05, 3.63) is 65.4 Å². The largest absolute Gasteiger partial charge is 0.486 e. The fourth-order valence-corrected chi connectivity index (χ4v) is 4.29. The number of fused-ring (bicyclic) bond motifs is 2. The lowest BCUT2D eigenvalue weighted by molar-refractivity contribution is 0.0994. The molecule has 0 aliphatic carbocycles. The van der Waals surface area contributed by atoms with Gasteiger partial charge in [-0.05, 0) is 69.2 Å². The zero-order valence-electron chi connectivity index (χ0n) is 20.1. The summed E-state index contributed by atoms with van der Waals surface area (Å²) in [5.41, 5.74) is 5.80. The Kier molecular flexibility index (Phi) is 5.48. The number of hydrogen-bond donors (Lipinski definition) is 0. The maximum absolute atomic E-state index is 13.8. The van der Waals surface area contributed by atoms with Crippen LogP contribution >= 0.6 is 0 Å². The molecule has 174 valence electrons. The molecule has 2 aromatic heterocycles. The van der Waals surface area contributed by atoms with E-state index in [4.69, 9.17) is 14.5 Å². The van der Waals surface area contributed by atoms with Gasteiger partial charge >= 0.3 is 0 Å². The minimum absolute atomic E-state index is 0.0974. The fraction of sp³-hybridized carbons (Fsp3) is 0.296. The average molecular weight is 457 g/mol. The molecule has 3 heterocycles. The van der Waals surface area contributed by atoms with Crippen LogP contribution in [0.3, 0.4) is 0 Å². The highest BCUT2D eigenvalue weighted by atomic mass is 16.6. The Morgan fingerprint density at radius 2 is 1.79 bits per heavy atom. The molecule has 34 heavy (non-hydrogen) atoms. The van der Waals surface area contributed by atoms with Gasteiger partial charge in [-0.25, -0.2) is 9.67 Å². The lowest BCUT2D eigenvalue weighted by Crippen LogP contribution is -2.27. The van der Waals surface area contributed by atoms with Crippen molar-refractivity contribution >= 4 is 22.6 Å². The summed E-state index contributed by atoms with van der Waals surface area (Å²) in [6.07, 6.45) is 1.74. The van der Waals surface area contributed by atoms with Gasteiger partial charge in [-0.3, -0.25) is 4.79 Å². The van der Waals surface area contributed by atoms with Crippen LogP contribution in [-0.4, -0.2) is 40.9 Å². The van der Waals surface area contributed by atoms with Gasteiger partial charge in [0.25, 0.3) is 5.91 Å². The molecule has 1 aliphatic rings. The van der Waals surface area contributed by atoms with Crippen LogP contribution < -0.4 is 14.4 Å². The van der Waals surface area contributed by atoms with Crippen molar-refractivity contribution < 1.29 is 14.3 Å². The summed E-state index contributed by atoms with van der Waals surface area (Å²) in [6, 6.07) is 13.8. The third-order valence-electron chi connectivity index (χ3n) is 6.15. The van der Waals surface area contributed by atoms with E-state index in [9.17, 15) is 4.79 Å². The SMILES string of the molecule is Cc1ccc(C)c(N(C)C(=O)c2cc(-c3ccc4c(c3)OCCO4)nc3c2cnn3C(C)C)c1. The number of pyridine rings is 1. The molecule has 0 saturated heterocycles. The summed E-state index contributed by atoms with van der Waals surface area (Å²) in [5.74, 6) is 1.29. The Hall–Kier alpha value is -3.87. The second kappa shape index (κ2) is 8.48. The van der Waals surface area contributed by atoms with Crippen molar-refractivity contribution in [3.8, 4) is 22.8 Å². The molecule has 0 fully saturated rings. The zero-order valence-corrected chi connectivity index (χ0v) is 20.1. The quantitative estimate of drug-likeness (QED) is 0.414. The summed E-state index contributed by atoms with van der Waals surface area (Å²) >= 11 is 0. The normalized spacial score (nSPS) is 12.9. The number of rotatable bonds is 4. The summed E-state index contributed by atoms with van der Waals surface area (Å²) in [4.78, 5) is 20.5. The first kappa shape index (κ1) is 21.9. The van der Waals surface area contributed by atoms with E-state index in [0.29, 0.717) is 41.6 Å². The fourth-order valence-electron chi connectivity index (χ4n) is 4.29. The minimum atomic E-state index is -0.108. The van der Waals surface area contributed by atoms with Gasteiger partial charge in [0.2, 0.25) is 0 Å². The van der Waals surface area contributed by atoms with Crippen molar-refractivity contribution in [2.24, 2.45) is 0 Å². The highest BCUT2D eigenvalue weighted by Crippen LogP contribution is 2.36. The van der Waals surface area contributed by atoms with Crippen LogP contribution in [0.1, 0.15) is 41.4 Å². The van der Waals surface area contributed by atoms with Crippen LogP contribution in [0.25, 0.3) is 22.3 Å². The van der Waals surface area contributed by atoms with Crippen LogP contribution in [0.2, 0.25) is 0 Å². The van der Waals surface area contributed by atoms with E-state index in [-0.39, 0.29) is 11.9 Å². The van der Waals surface area contributed by atoms with E-state index in [1.54, 1.807) is 11.1 Å². The number of aromatic nitrogens is 3. The average Bonchev–Trinajstić information content (AvgIpc) is 3.28. The molecule has 0 N–H and O–H groups in total. The maximum Gasteiger partial charge on any atom is 0.258 e.